The van der Waals surface area contributed by atoms with Gasteiger partial charge < -0.3 is 5.73 Å². The van der Waals surface area contributed by atoms with Crippen molar-refractivity contribution < 1.29 is 0 Å². The summed E-state index contributed by atoms with van der Waals surface area (Å²) in [6.45, 7) is 0. The van der Waals surface area contributed by atoms with Gasteiger partial charge in [0.05, 0.1) is 0 Å². The molecular formula is C12H14N4. The molecule has 4 nitrogen and oxygen atoms in total. The van der Waals surface area contributed by atoms with Crippen LogP contribution in [0.3, 0.4) is 0 Å². The van der Waals surface area contributed by atoms with Gasteiger partial charge in [-0.25, -0.2) is 9.97 Å². The average Bonchev–Trinajstić information content (AvgIpc) is 2.30. The molecule has 82 valence electrons. The van der Waals surface area contributed by atoms with E-state index in [4.69, 9.17) is 5.73 Å². The highest BCUT2D eigenvalue weighted by Crippen LogP contribution is 2.05. The van der Waals surface area contributed by atoms with Crippen molar-refractivity contribution in [3.8, 4) is 0 Å². The van der Waals surface area contributed by atoms with Crippen molar-refractivity contribution in [2.75, 3.05) is 5.73 Å². The number of pyridine rings is 1. The van der Waals surface area contributed by atoms with E-state index in [0.29, 0.717) is 5.82 Å². The standard InChI is InChI=1S/C12H14N4/c13-12-8-11(15-9-16-12)6-3-5-10-4-1-2-7-14-10/h1-2,4,7-9H,3,5-6H2,(H2,13,15,16). The molecule has 0 unspecified atom stereocenters. The number of nitrogen functional groups attached to an aromatic ring is 1. The minimum absolute atomic E-state index is 0.530. The summed E-state index contributed by atoms with van der Waals surface area (Å²) in [6.07, 6.45) is 6.21. The third-order valence-electron chi connectivity index (χ3n) is 2.34. The van der Waals surface area contributed by atoms with E-state index < -0.39 is 0 Å². The van der Waals surface area contributed by atoms with Gasteiger partial charge in [-0.05, 0) is 31.4 Å². The molecule has 0 spiro atoms. The molecule has 0 aromatic carbocycles. The van der Waals surface area contributed by atoms with Crippen molar-refractivity contribution in [2.24, 2.45) is 0 Å². The van der Waals surface area contributed by atoms with Gasteiger partial charge in [0.15, 0.2) is 0 Å². The van der Waals surface area contributed by atoms with Crippen LogP contribution in [0.15, 0.2) is 36.8 Å². The predicted octanol–water partition coefficient (Wildman–Crippen LogP) is 1.63. The molecule has 0 bridgehead atoms. The third-order valence-corrected chi connectivity index (χ3v) is 2.34. The molecule has 2 heterocycles. The smallest absolute Gasteiger partial charge is 0.126 e. The SMILES string of the molecule is Nc1cc(CCCc2ccccn2)ncn1. The van der Waals surface area contributed by atoms with E-state index in [1.54, 1.807) is 0 Å². The molecule has 0 saturated carbocycles. The summed E-state index contributed by atoms with van der Waals surface area (Å²) in [7, 11) is 0. The van der Waals surface area contributed by atoms with E-state index in [1.165, 1.54) is 6.33 Å². The van der Waals surface area contributed by atoms with Crippen LogP contribution in [0.5, 0.6) is 0 Å². The van der Waals surface area contributed by atoms with Crippen LogP contribution < -0.4 is 5.73 Å². The molecule has 2 rings (SSSR count). The quantitative estimate of drug-likeness (QED) is 0.840. The highest BCUT2D eigenvalue weighted by atomic mass is 14.9. The molecule has 0 aliphatic carbocycles. The molecule has 0 aliphatic heterocycles. The Hall–Kier alpha value is -1.97. The fourth-order valence-electron chi connectivity index (χ4n) is 1.55. The Bertz CT molecular complexity index is 442. The Balaban J connectivity index is 1.85. The van der Waals surface area contributed by atoms with Gasteiger partial charge in [0.2, 0.25) is 0 Å². The molecule has 0 atom stereocenters. The fourth-order valence-corrected chi connectivity index (χ4v) is 1.55. The lowest BCUT2D eigenvalue weighted by molar-refractivity contribution is 0.778. The van der Waals surface area contributed by atoms with Crippen LogP contribution in [0.2, 0.25) is 0 Å². The van der Waals surface area contributed by atoms with Crippen LogP contribution in [0.4, 0.5) is 5.82 Å². The maximum atomic E-state index is 5.58. The van der Waals surface area contributed by atoms with Crippen LogP contribution in [0.1, 0.15) is 17.8 Å². The summed E-state index contributed by atoms with van der Waals surface area (Å²) in [5.74, 6) is 0.530. The highest BCUT2D eigenvalue weighted by molar-refractivity contribution is 5.27. The minimum atomic E-state index is 0.530. The zero-order valence-electron chi connectivity index (χ0n) is 9.00. The topological polar surface area (TPSA) is 64.7 Å². The van der Waals surface area contributed by atoms with Gasteiger partial charge in [-0.3, -0.25) is 4.98 Å². The maximum Gasteiger partial charge on any atom is 0.126 e. The molecule has 0 radical (unpaired) electrons. The summed E-state index contributed by atoms with van der Waals surface area (Å²) < 4.78 is 0. The number of hydrogen-bond acceptors (Lipinski definition) is 4. The molecule has 0 saturated heterocycles. The van der Waals surface area contributed by atoms with Crippen molar-refractivity contribution in [1.82, 2.24) is 15.0 Å². The molecule has 0 amide bonds. The Kier molecular flexibility index (Phi) is 3.43. The number of rotatable bonds is 4. The second-order valence-electron chi connectivity index (χ2n) is 3.61. The lowest BCUT2D eigenvalue weighted by Gasteiger charge is -2.01. The van der Waals surface area contributed by atoms with Crippen LogP contribution in [0, 0.1) is 0 Å². The maximum absolute atomic E-state index is 5.58. The third kappa shape index (κ3) is 3.02. The Morgan fingerprint density at radius 1 is 1.00 bits per heavy atom. The van der Waals surface area contributed by atoms with E-state index in [9.17, 15) is 0 Å². The molecular weight excluding hydrogens is 200 g/mol. The predicted molar refractivity (Wildman–Crippen MR) is 62.7 cm³/mol. The first kappa shape index (κ1) is 10.5. The van der Waals surface area contributed by atoms with Gasteiger partial charge in [0.25, 0.3) is 0 Å². The normalized spacial score (nSPS) is 10.2. The Morgan fingerprint density at radius 3 is 2.62 bits per heavy atom. The lowest BCUT2D eigenvalue weighted by atomic mass is 10.1. The van der Waals surface area contributed by atoms with Crippen LogP contribution >= 0.6 is 0 Å². The van der Waals surface area contributed by atoms with Crippen molar-refractivity contribution in [3.05, 3.63) is 48.2 Å². The van der Waals surface area contributed by atoms with Crippen LogP contribution in [0.25, 0.3) is 0 Å². The number of hydrogen-bond donors (Lipinski definition) is 1. The summed E-state index contributed by atoms with van der Waals surface area (Å²) >= 11 is 0. The second-order valence-corrected chi connectivity index (χ2v) is 3.61. The van der Waals surface area contributed by atoms with E-state index in [-0.39, 0.29) is 0 Å². The van der Waals surface area contributed by atoms with Gasteiger partial charge in [0.1, 0.15) is 12.1 Å². The van der Waals surface area contributed by atoms with Gasteiger partial charge in [-0.2, -0.15) is 0 Å². The lowest BCUT2D eigenvalue weighted by Crippen LogP contribution is -1.97. The Morgan fingerprint density at radius 2 is 1.88 bits per heavy atom. The van der Waals surface area contributed by atoms with Crippen LogP contribution in [-0.4, -0.2) is 15.0 Å². The Labute approximate surface area is 94.6 Å². The van der Waals surface area contributed by atoms with Crippen molar-refractivity contribution in [2.45, 2.75) is 19.3 Å². The first-order valence-corrected chi connectivity index (χ1v) is 5.31. The van der Waals surface area contributed by atoms with Crippen molar-refractivity contribution >= 4 is 5.82 Å². The van der Waals surface area contributed by atoms with Gasteiger partial charge in [-0.1, -0.05) is 6.07 Å². The summed E-state index contributed by atoms with van der Waals surface area (Å²) in [4.78, 5) is 12.3. The van der Waals surface area contributed by atoms with Gasteiger partial charge in [0, 0.05) is 23.7 Å². The van der Waals surface area contributed by atoms with E-state index in [2.05, 4.69) is 15.0 Å². The van der Waals surface area contributed by atoms with Gasteiger partial charge >= 0.3 is 0 Å². The first-order valence-electron chi connectivity index (χ1n) is 5.31. The monoisotopic (exact) mass is 214 g/mol. The van der Waals surface area contributed by atoms with E-state index in [1.807, 2.05) is 30.5 Å². The minimum Gasteiger partial charge on any atom is -0.384 e. The number of anilines is 1. The molecule has 0 fully saturated rings. The average molecular weight is 214 g/mol. The molecule has 0 aliphatic rings. The first-order chi connectivity index (χ1) is 7.84. The summed E-state index contributed by atoms with van der Waals surface area (Å²) in [5.41, 5.74) is 7.68. The molecule has 16 heavy (non-hydrogen) atoms. The molecule has 2 N–H and O–H groups in total. The van der Waals surface area contributed by atoms with Crippen molar-refractivity contribution in [1.29, 1.82) is 0 Å². The van der Waals surface area contributed by atoms with E-state index in [0.717, 1.165) is 30.7 Å². The molecule has 2 aromatic heterocycles. The summed E-state index contributed by atoms with van der Waals surface area (Å²) in [6, 6.07) is 7.78. The number of aromatic nitrogens is 3. The number of aryl methyl sites for hydroxylation is 2. The van der Waals surface area contributed by atoms with Crippen molar-refractivity contribution in [3.63, 3.8) is 0 Å². The largest absolute Gasteiger partial charge is 0.384 e. The summed E-state index contributed by atoms with van der Waals surface area (Å²) in [5, 5.41) is 0. The molecule has 2 aromatic rings. The van der Waals surface area contributed by atoms with Crippen LogP contribution in [-0.2, 0) is 12.8 Å². The fraction of sp³-hybridized carbons (Fsp3) is 0.250. The second kappa shape index (κ2) is 5.21. The zero-order chi connectivity index (χ0) is 11.2. The van der Waals surface area contributed by atoms with E-state index >= 15 is 0 Å². The van der Waals surface area contributed by atoms with Gasteiger partial charge in [-0.15, -0.1) is 0 Å². The molecule has 4 heteroatoms. The zero-order valence-corrected chi connectivity index (χ0v) is 9.00. The number of nitrogens with two attached hydrogens (primary N) is 1. The highest BCUT2D eigenvalue weighted by Gasteiger charge is 1.98. The number of nitrogens with zero attached hydrogens (tertiary/aromatic N) is 3.